The summed E-state index contributed by atoms with van der Waals surface area (Å²) in [7, 11) is 2.02. The third-order valence-electron chi connectivity index (χ3n) is 6.05. The molecular formula is C21H25N5OS. The highest BCUT2D eigenvalue weighted by atomic mass is 32.1. The Hall–Kier alpha value is -2.38. The number of benzene rings is 1. The maximum absolute atomic E-state index is 12.7. The second-order valence-corrected chi connectivity index (χ2v) is 8.47. The molecule has 28 heavy (non-hydrogen) atoms. The average Bonchev–Trinajstić information content (AvgIpc) is 3.32. The molecule has 1 amide bonds. The van der Waals surface area contributed by atoms with E-state index < -0.39 is 0 Å². The summed E-state index contributed by atoms with van der Waals surface area (Å²) in [6.45, 7) is 6.60. The van der Waals surface area contributed by atoms with Crippen molar-refractivity contribution in [3.05, 3.63) is 47.8 Å². The van der Waals surface area contributed by atoms with E-state index in [-0.39, 0.29) is 5.91 Å². The van der Waals surface area contributed by atoms with Crippen LogP contribution in [0, 0.1) is 0 Å². The molecule has 0 N–H and O–H groups in total. The first-order chi connectivity index (χ1) is 13.7. The fourth-order valence-corrected chi connectivity index (χ4v) is 5.14. The Morgan fingerprint density at radius 1 is 1.04 bits per heavy atom. The number of rotatable bonds is 4. The van der Waals surface area contributed by atoms with Crippen LogP contribution in [0.1, 0.15) is 16.1 Å². The van der Waals surface area contributed by atoms with Crippen LogP contribution >= 0.6 is 11.5 Å². The summed E-state index contributed by atoms with van der Waals surface area (Å²) in [4.78, 5) is 19.6. The van der Waals surface area contributed by atoms with Gasteiger partial charge >= 0.3 is 0 Å². The Kier molecular flexibility index (Phi) is 4.56. The molecule has 0 aliphatic carbocycles. The van der Waals surface area contributed by atoms with Gasteiger partial charge in [0.25, 0.3) is 5.91 Å². The molecule has 1 fully saturated rings. The molecule has 2 aromatic heterocycles. The van der Waals surface area contributed by atoms with E-state index in [1.54, 1.807) is 11.5 Å². The van der Waals surface area contributed by atoms with Gasteiger partial charge in [0.15, 0.2) is 0 Å². The zero-order chi connectivity index (χ0) is 19.1. The molecule has 0 radical (unpaired) electrons. The summed E-state index contributed by atoms with van der Waals surface area (Å²) >= 11 is 1.58. The zero-order valence-corrected chi connectivity index (χ0v) is 17.0. The number of piperazine rings is 1. The van der Waals surface area contributed by atoms with E-state index >= 15 is 0 Å². The van der Waals surface area contributed by atoms with E-state index in [2.05, 4.69) is 38.6 Å². The summed E-state index contributed by atoms with van der Waals surface area (Å²) in [6.07, 6.45) is 2.95. The number of hydrogen-bond acceptors (Lipinski definition) is 5. The molecule has 4 heterocycles. The summed E-state index contributed by atoms with van der Waals surface area (Å²) in [5.74, 6) is 1.32. The third kappa shape index (κ3) is 3.08. The summed E-state index contributed by atoms with van der Waals surface area (Å²) in [6, 6.07) is 10.4. The van der Waals surface area contributed by atoms with E-state index in [4.69, 9.17) is 4.37 Å². The molecule has 7 heteroatoms. The lowest BCUT2D eigenvalue weighted by molar-refractivity contribution is 0.0715. The lowest BCUT2D eigenvalue weighted by Crippen LogP contribution is -2.49. The standard InChI is InChI=1S/C21H25N5OS/c1-23-8-6-16-18(23)7-9-26(21(16)27)15-12-24-10-13-25(14-11-24)20-17-4-2-3-5-19(17)28-22-20/h2-6,8H,7,9-15H2,1H3. The second kappa shape index (κ2) is 7.22. The number of aromatic nitrogens is 2. The number of anilines is 1. The number of fused-ring (bicyclic) bond motifs is 2. The number of nitrogens with zero attached hydrogens (tertiary/aromatic N) is 5. The average molecular weight is 396 g/mol. The van der Waals surface area contributed by atoms with Crippen LogP contribution in [-0.2, 0) is 13.5 Å². The molecule has 0 unspecified atom stereocenters. The van der Waals surface area contributed by atoms with Gasteiger partial charge < -0.3 is 14.4 Å². The van der Waals surface area contributed by atoms with Gasteiger partial charge in [0.2, 0.25) is 0 Å². The van der Waals surface area contributed by atoms with Crippen LogP contribution in [0.2, 0.25) is 0 Å². The number of carbonyl (C=O) groups is 1. The van der Waals surface area contributed by atoms with Crippen LogP contribution in [0.5, 0.6) is 0 Å². The lowest BCUT2D eigenvalue weighted by Gasteiger charge is -2.36. The SMILES string of the molecule is Cn1ccc2c1CCN(CCN1CCN(c3nsc4ccccc34)CC1)C2=O. The van der Waals surface area contributed by atoms with E-state index in [9.17, 15) is 4.79 Å². The van der Waals surface area contributed by atoms with E-state index in [0.29, 0.717) is 0 Å². The number of carbonyl (C=O) groups excluding carboxylic acids is 1. The van der Waals surface area contributed by atoms with Crippen molar-refractivity contribution in [2.24, 2.45) is 7.05 Å². The van der Waals surface area contributed by atoms with Crippen LogP contribution in [0.15, 0.2) is 36.5 Å². The first-order valence-electron chi connectivity index (χ1n) is 9.96. The van der Waals surface area contributed by atoms with Gasteiger partial charge in [0.05, 0.1) is 10.3 Å². The fraction of sp³-hybridized carbons (Fsp3) is 0.429. The number of aryl methyl sites for hydroxylation is 1. The van der Waals surface area contributed by atoms with Crippen LogP contribution in [-0.4, -0.2) is 70.5 Å². The molecule has 1 saturated heterocycles. The highest BCUT2D eigenvalue weighted by Crippen LogP contribution is 2.29. The van der Waals surface area contributed by atoms with Gasteiger partial charge in [-0.15, -0.1) is 0 Å². The molecular weight excluding hydrogens is 370 g/mol. The van der Waals surface area contributed by atoms with Crippen LogP contribution in [0.25, 0.3) is 10.1 Å². The molecule has 0 saturated carbocycles. The van der Waals surface area contributed by atoms with Crippen molar-refractivity contribution >= 4 is 33.3 Å². The number of amides is 1. The normalized spacial score (nSPS) is 18.1. The lowest BCUT2D eigenvalue weighted by atomic mass is 10.1. The molecule has 1 aromatic carbocycles. The molecule has 5 rings (SSSR count). The Morgan fingerprint density at radius 3 is 2.71 bits per heavy atom. The van der Waals surface area contributed by atoms with Gasteiger partial charge in [-0.2, -0.15) is 4.37 Å². The van der Waals surface area contributed by atoms with Crippen LogP contribution in [0.4, 0.5) is 5.82 Å². The van der Waals surface area contributed by atoms with Gasteiger partial charge in [-0.25, -0.2) is 0 Å². The van der Waals surface area contributed by atoms with Crippen molar-refractivity contribution in [3.8, 4) is 0 Å². The minimum atomic E-state index is 0.189. The molecule has 6 nitrogen and oxygen atoms in total. The van der Waals surface area contributed by atoms with Gasteiger partial charge in [0.1, 0.15) is 5.82 Å². The van der Waals surface area contributed by atoms with Crippen molar-refractivity contribution in [3.63, 3.8) is 0 Å². The third-order valence-corrected chi connectivity index (χ3v) is 6.87. The van der Waals surface area contributed by atoms with E-state index in [1.165, 1.54) is 15.8 Å². The Morgan fingerprint density at radius 2 is 1.86 bits per heavy atom. The summed E-state index contributed by atoms with van der Waals surface area (Å²) < 4.78 is 8.02. The van der Waals surface area contributed by atoms with Crippen molar-refractivity contribution in [2.45, 2.75) is 6.42 Å². The highest BCUT2D eigenvalue weighted by molar-refractivity contribution is 7.13. The van der Waals surface area contributed by atoms with Crippen molar-refractivity contribution < 1.29 is 4.79 Å². The van der Waals surface area contributed by atoms with Gasteiger partial charge in [-0.1, -0.05) is 12.1 Å². The van der Waals surface area contributed by atoms with Crippen molar-refractivity contribution in [2.75, 3.05) is 50.7 Å². The largest absolute Gasteiger partial charge is 0.354 e. The van der Waals surface area contributed by atoms with Crippen molar-refractivity contribution in [1.29, 1.82) is 0 Å². The quantitative estimate of drug-likeness (QED) is 0.681. The maximum atomic E-state index is 12.7. The van der Waals surface area contributed by atoms with E-state index in [0.717, 1.165) is 63.6 Å². The molecule has 146 valence electrons. The smallest absolute Gasteiger partial charge is 0.255 e. The maximum Gasteiger partial charge on any atom is 0.255 e. The Labute approximate surface area is 169 Å². The monoisotopic (exact) mass is 395 g/mol. The Balaban J connectivity index is 1.17. The predicted molar refractivity (Wildman–Crippen MR) is 113 cm³/mol. The summed E-state index contributed by atoms with van der Waals surface area (Å²) in [5, 5.41) is 1.26. The Bertz CT molecular complexity index is 1000. The molecule has 2 aliphatic rings. The molecule has 0 bridgehead atoms. The molecule has 3 aromatic rings. The van der Waals surface area contributed by atoms with Crippen molar-refractivity contribution in [1.82, 2.24) is 18.7 Å². The second-order valence-electron chi connectivity index (χ2n) is 7.66. The zero-order valence-electron chi connectivity index (χ0n) is 16.2. The van der Waals surface area contributed by atoms with Gasteiger partial charge in [0, 0.05) is 76.6 Å². The van der Waals surface area contributed by atoms with Crippen LogP contribution in [0.3, 0.4) is 0 Å². The van der Waals surface area contributed by atoms with E-state index in [1.807, 2.05) is 24.2 Å². The molecule has 0 atom stereocenters. The van der Waals surface area contributed by atoms with Crippen LogP contribution < -0.4 is 4.90 Å². The number of hydrogen-bond donors (Lipinski definition) is 0. The highest BCUT2D eigenvalue weighted by Gasteiger charge is 2.27. The molecule has 2 aliphatic heterocycles. The minimum Gasteiger partial charge on any atom is -0.354 e. The fourth-order valence-electron chi connectivity index (χ4n) is 4.34. The predicted octanol–water partition coefficient (Wildman–Crippen LogP) is 2.46. The summed E-state index contributed by atoms with van der Waals surface area (Å²) in [5.41, 5.74) is 2.05. The molecule has 0 spiro atoms. The van der Waals surface area contributed by atoms with Gasteiger partial charge in [-0.3, -0.25) is 9.69 Å². The first-order valence-corrected chi connectivity index (χ1v) is 10.7. The van der Waals surface area contributed by atoms with Gasteiger partial charge in [-0.05, 0) is 29.7 Å². The topological polar surface area (TPSA) is 44.6 Å². The minimum absolute atomic E-state index is 0.189. The first kappa shape index (κ1) is 17.7.